The molecule has 0 atom stereocenters. The number of nitro benzene ring substituents is 1. The molecule has 1 aromatic carbocycles. The van der Waals surface area contributed by atoms with Gasteiger partial charge in [0.25, 0.3) is 5.69 Å². The third-order valence-electron chi connectivity index (χ3n) is 2.70. The maximum absolute atomic E-state index is 10.9. The molecule has 5 nitrogen and oxygen atoms in total. The summed E-state index contributed by atoms with van der Waals surface area (Å²) in [4.78, 5) is 12.4. The lowest BCUT2D eigenvalue weighted by molar-refractivity contribution is -0.384. The summed E-state index contributed by atoms with van der Waals surface area (Å²) in [6.45, 7) is 0.896. The van der Waals surface area contributed by atoms with Gasteiger partial charge in [-0.1, -0.05) is 11.6 Å². The van der Waals surface area contributed by atoms with Gasteiger partial charge >= 0.3 is 0 Å². The Balaban J connectivity index is 2.72. The highest BCUT2D eigenvalue weighted by atomic mass is 35.5. The summed E-state index contributed by atoms with van der Waals surface area (Å²) in [5.74, 6) is 0. The van der Waals surface area contributed by atoms with Crippen molar-refractivity contribution in [2.45, 2.75) is 19.3 Å². The molecular formula is C12H17ClN2O3. The molecule has 0 saturated carbocycles. The van der Waals surface area contributed by atoms with E-state index < -0.39 is 4.92 Å². The zero-order valence-electron chi connectivity index (χ0n) is 10.3. The van der Waals surface area contributed by atoms with E-state index in [-0.39, 0.29) is 12.3 Å². The number of benzene rings is 1. The molecule has 1 rings (SSSR count). The lowest BCUT2D eigenvalue weighted by atomic mass is 10.2. The molecule has 0 aliphatic rings. The lowest BCUT2D eigenvalue weighted by Crippen LogP contribution is -2.19. The summed E-state index contributed by atoms with van der Waals surface area (Å²) in [6.07, 6.45) is 2.55. The van der Waals surface area contributed by atoms with Crippen molar-refractivity contribution in [2.75, 3.05) is 25.1 Å². The Morgan fingerprint density at radius 2 is 2.11 bits per heavy atom. The van der Waals surface area contributed by atoms with Gasteiger partial charge in [-0.2, -0.15) is 0 Å². The van der Waals surface area contributed by atoms with Gasteiger partial charge in [0.15, 0.2) is 0 Å². The molecule has 18 heavy (non-hydrogen) atoms. The van der Waals surface area contributed by atoms with Crippen molar-refractivity contribution in [1.82, 2.24) is 0 Å². The quantitative estimate of drug-likeness (QED) is 0.471. The summed E-state index contributed by atoms with van der Waals surface area (Å²) < 4.78 is 0. The standard InChI is InChI=1S/C12H17ClN2O3/c1-14(7-3-2-4-8-16)11-6-5-10(13)9-12(11)15(17)18/h5-6,9,16H,2-4,7-8H2,1H3. The Labute approximate surface area is 111 Å². The minimum atomic E-state index is -0.425. The van der Waals surface area contributed by atoms with E-state index in [2.05, 4.69) is 0 Å². The van der Waals surface area contributed by atoms with Gasteiger partial charge in [0.1, 0.15) is 5.69 Å². The van der Waals surface area contributed by atoms with Gasteiger partial charge in [-0.25, -0.2) is 0 Å². The van der Waals surface area contributed by atoms with Crippen LogP contribution in [0.15, 0.2) is 18.2 Å². The van der Waals surface area contributed by atoms with E-state index in [4.69, 9.17) is 16.7 Å². The fourth-order valence-electron chi connectivity index (χ4n) is 1.72. The van der Waals surface area contributed by atoms with Crippen LogP contribution in [0.1, 0.15) is 19.3 Å². The molecule has 0 radical (unpaired) electrons. The maximum atomic E-state index is 10.9. The predicted octanol–water partition coefficient (Wildman–Crippen LogP) is 2.85. The largest absolute Gasteiger partial charge is 0.396 e. The van der Waals surface area contributed by atoms with E-state index in [0.717, 1.165) is 19.3 Å². The van der Waals surface area contributed by atoms with Gasteiger partial charge in [-0.15, -0.1) is 0 Å². The minimum Gasteiger partial charge on any atom is -0.396 e. The van der Waals surface area contributed by atoms with Crippen molar-refractivity contribution in [2.24, 2.45) is 0 Å². The molecule has 1 N–H and O–H groups in total. The third-order valence-corrected chi connectivity index (χ3v) is 2.93. The molecule has 0 fully saturated rings. The summed E-state index contributed by atoms with van der Waals surface area (Å²) in [5, 5.41) is 20.0. The highest BCUT2D eigenvalue weighted by Gasteiger charge is 2.17. The highest BCUT2D eigenvalue weighted by Crippen LogP contribution is 2.30. The number of anilines is 1. The first-order chi connectivity index (χ1) is 8.56. The summed E-state index contributed by atoms with van der Waals surface area (Å²) in [7, 11) is 1.81. The summed E-state index contributed by atoms with van der Waals surface area (Å²) in [5.41, 5.74) is 0.584. The molecule has 100 valence electrons. The van der Waals surface area contributed by atoms with Crippen molar-refractivity contribution in [3.05, 3.63) is 33.3 Å². The monoisotopic (exact) mass is 272 g/mol. The average Bonchev–Trinajstić information content (AvgIpc) is 2.34. The van der Waals surface area contributed by atoms with Gasteiger partial charge in [-0.05, 0) is 31.4 Å². The smallest absolute Gasteiger partial charge is 0.294 e. The number of aliphatic hydroxyl groups is 1. The lowest BCUT2D eigenvalue weighted by Gasteiger charge is -2.19. The van der Waals surface area contributed by atoms with Gasteiger partial charge in [0.05, 0.1) is 4.92 Å². The molecule has 0 unspecified atom stereocenters. The van der Waals surface area contributed by atoms with Gasteiger partial charge in [0.2, 0.25) is 0 Å². The molecule has 0 aromatic heterocycles. The number of hydrogen-bond donors (Lipinski definition) is 1. The van der Waals surface area contributed by atoms with Crippen LogP contribution in [0.5, 0.6) is 0 Å². The number of nitro groups is 1. The van der Waals surface area contributed by atoms with Crippen LogP contribution < -0.4 is 4.90 Å². The van der Waals surface area contributed by atoms with Crippen molar-refractivity contribution in [3.63, 3.8) is 0 Å². The molecule has 0 amide bonds. The first-order valence-electron chi connectivity index (χ1n) is 5.82. The average molecular weight is 273 g/mol. The van der Waals surface area contributed by atoms with Crippen LogP contribution in [0.2, 0.25) is 5.02 Å². The van der Waals surface area contributed by atoms with Crippen LogP contribution in [0.3, 0.4) is 0 Å². The van der Waals surface area contributed by atoms with Crippen molar-refractivity contribution >= 4 is 23.0 Å². The van der Waals surface area contributed by atoms with E-state index in [1.165, 1.54) is 6.07 Å². The van der Waals surface area contributed by atoms with Crippen molar-refractivity contribution in [1.29, 1.82) is 0 Å². The highest BCUT2D eigenvalue weighted by molar-refractivity contribution is 6.30. The molecule has 0 heterocycles. The fourth-order valence-corrected chi connectivity index (χ4v) is 1.89. The Kier molecular flexibility index (Phi) is 5.88. The van der Waals surface area contributed by atoms with Gasteiger partial charge in [0, 0.05) is 31.3 Å². The van der Waals surface area contributed by atoms with E-state index in [1.807, 2.05) is 11.9 Å². The van der Waals surface area contributed by atoms with Crippen LogP contribution in [-0.4, -0.2) is 30.2 Å². The Morgan fingerprint density at radius 3 is 2.72 bits per heavy atom. The Morgan fingerprint density at radius 1 is 1.39 bits per heavy atom. The zero-order valence-corrected chi connectivity index (χ0v) is 11.1. The molecule has 0 saturated heterocycles. The summed E-state index contributed by atoms with van der Waals surface area (Å²) >= 11 is 5.76. The molecule has 0 spiro atoms. The normalized spacial score (nSPS) is 10.4. The Hall–Kier alpha value is -1.33. The van der Waals surface area contributed by atoms with E-state index in [0.29, 0.717) is 17.3 Å². The van der Waals surface area contributed by atoms with Crippen molar-refractivity contribution < 1.29 is 10.0 Å². The Bertz CT molecular complexity index is 412. The number of halogens is 1. The topological polar surface area (TPSA) is 66.6 Å². The van der Waals surface area contributed by atoms with Gasteiger partial charge in [-0.3, -0.25) is 10.1 Å². The fraction of sp³-hybridized carbons (Fsp3) is 0.500. The number of unbranched alkanes of at least 4 members (excludes halogenated alkanes) is 2. The van der Waals surface area contributed by atoms with Crippen molar-refractivity contribution in [3.8, 4) is 0 Å². The number of hydrogen-bond acceptors (Lipinski definition) is 4. The third kappa shape index (κ3) is 4.16. The van der Waals surface area contributed by atoms with E-state index in [9.17, 15) is 10.1 Å². The van der Waals surface area contributed by atoms with Gasteiger partial charge < -0.3 is 10.0 Å². The molecule has 0 aliphatic carbocycles. The zero-order chi connectivity index (χ0) is 13.5. The van der Waals surface area contributed by atoms with E-state index in [1.54, 1.807) is 12.1 Å². The van der Waals surface area contributed by atoms with Crippen LogP contribution in [0.4, 0.5) is 11.4 Å². The molecule has 0 bridgehead atoms. The van der Waals surface area contributed by atoms with E-state index >= 15 is 0 Å². The first kappa shape index (κ1) is 14.7. The SMILES string of the molecule is CN(CCCCCO)c1ccc(Cl)cc1[N+](=O)[O-]. The van der Waals surface area contributed by atoms with Crippen LogP contribution in [-0.2, 0) is 0 Å². The second kappa shape index (κ2) is 7.18. The molecule has 0 aliphatic heterocycles. The predicted molar refractivity (Wildman–Crippen MR) is 72.3 cm³/mol. The summed E-state index contributed by atoms with van der Waals surface area (Å²) in [6, 6.07) is 4.67. The molecular weight excluding hydrogens is 256 g/mol. The first-order valence-corrected chi connectivity index (χ1v) is 6.20. The molecule has 6 heteroatoms. The van der Waals surface area contributed by atoms with Crippen LogP contribution in [0.25, 0.3) is 0 Å². The molecule has 1 aromatic rings. The number of aliphatic hydroxyl groups excluding tert-OH is 1. The van der Waals surface area contributed by atoms with Crippen LogP contribution in [0, 0.1) is 10.1 Å². The minimum absolute atomic E-state index is 0.0205. The number of rotatable bonds is 7. The maximum Gasteiger partial charge on any atom is 0.294 e. The second-order valence-electron chi connectivity index (χ2n) is 4.10. The van der Waals surface area contributed by atoms with Crippen LogP contribution >= 0.6 is 11.6 Å². The second-order valence-corrected chi connectivity index (χ2v) is 4.53. The number of nitrogens with zero attached hydrogens (tertiary/aromatic N) is 2.